The second-order valence-electron chi connectivity index (χ2n) is 4.33. The van der Waals surface area contributed by atoms with Gasteiger partial charge in [0, 0.05) is 29.6 Å². The van der Waals surface area contributed by atoms with Gasteiger partial charge in [0.1, 0.15) is 5.65 Å². The van der Waals surface area contributed by atoms with Gasteiger partial charge < -0.3 is 28.4 Å². The zero-order valence-corrected chi connectivity index (χ0v) is 12.8. The topological polar surface area (TPSA) is 60.4 Å². The zero-order valence-electron chi connectivity index (χ0n) is 10.7. The quantitative estimate of drug-likeness (QED) is 0.363. The Bertz CT molecular complexity index is 766. The number of benzene rings is 1. The van der Waals surface area contributed by atoms with Gasteiger partial charge in [-0.3, -0.25) is 10.1 Å². The first-order chi connectivity index (χ1) is 9.15. The molecule has 20 heavy (non-hydrogen) atoms. The number of imidazole rings is 1. The van der Waals surface area contributed by atoms with E-state index in [-0.39, 0.29) is 29.7 Å². The Labute approximate surface area is 132 Å². The Morgan fingerprint density at radius 1 is 1.15 bits per heavy atom. The highest BCUT2D eigenvalue weighted by Crippen LogP contribution is 2.22. The van der Waals surface area contributed by atoms with Crippen molar-refractivity contribution in [3.05, 3.63) is 64.5 Å². The monoisotopic (exact) mass is 380 g/mol. The molecule has 1 aromatic carbocycles. The Morgan fingerprint density at radius 3 is 2.45 bits per heavy atom. The molecule has 0 N–H and O–H groups in total. The summed E-state index contributed by atoms with van der Waals surface area (Å²) in [6, 6.07) is 12.3. The van der Waals surface area contributed by atoms with E-state index in [9.17, 15) is 10.1 Å². The van der Waals surface area contributed by atoms with Crippen LogP contribution < -0.4 is 24.0 Å². The molecule has 0 spiro atoms. The molecule has 0 radical (unpaired) electrons. The Balaban J connectivity index is 0.00000147. The Kier molecular flexibility index (Phi) is 4.03. The van der Waals surface area contributed by atoms with Crippen LogP contribution >= 0.6 is 0 Å². The van der Waals surface area contributed by atoms with Crippen molar-refractivity contribution in [1.29, 1.82) is 0 Å². The number of pyridine rings is 1. The highest BCUT2D eigenvalue weighted by atomic mass is 127. The van der Waals surface area contributed by atoms with Crippen molar-refractivity contribution >= 4 is 11.3 Å². The van der Waals surface area contributed by atoms with Crippen molar-refractivity contribution < 1.29 is 28.9 Å². The normalized spacial score (nSPS) is 10.2. The first-order valence-electron chi connectivity index (χ1n) is 5.85. The molecule has 0 aliphatic carbocycles. The summed E-state index contributed by atoms with van der Waals surface area (Å²) < 4.78 is 2.00. The lowest BCUT2D eigenvalue weighted by Crippen LogP contribution is -3.00. The van der Waals surface area contributed by atoms with Crippen molar-refractivity contribution in [2.45, 2.75) is 6.92 Å². The highest BCUT2D eigenvalue weighted by Gasteiger charge is 2.08. The molecule has 3 rings (SSSR count). The van der Waals surface area contributed by atoms with Crippen molar-refractivity contribution in [3.8, 4) is 11.3 Å². The van der Waals surface area contributed by atoms with Crippen molar-refractivity contribution in [1.82, 2.24) is 9.38 Å². The summed E-state index contributed by atoms with van der Waals surface area (Å²) in [6.07, 6.45) is 1.94. The van der Waals surface area contributed by atoms with Gasteiger partial charge in [-0.1, -0.05) is 6.07 Å². The van der Waals surface area contributed by atoms with Crippen molar-refractivity contribution in [3.63, 3.8) is 0 Å². The molecule has 0 bridgehead atoms. The number of nitrogens with zero attached hydrogens (tertiary/aromatic N) is 3. The van der Waals surface area contributed by atoms with Crippen LogP contribution in [0.3, 0.4) is 0 Å². The third-order valence-electron chi connectivity index (χ3n) is 3.07. The summed E-state index contributed by atoms with van der Waals surface area (Å²) in [4.78, 5) is 14.7. The fraction of sp³-hybridized carbons (Fsp3) is 0.0714. The average Bonchev–Trinajstić information content (AvgIpc) is 2.84. The van der Waals surface area contributed by atoms with Crippen LogP contribution in [0.25, 0.3) is 16.9 Å². The van der Waals surface area contributed by atoms with Crippen LogP contribution in [-0.2, 0) is 0 Å². The van der Waals surface area contributed by atoms with E-state index in [0.717, 1.165) is 22.6 Å². The maximum atomic E-state index is 10.6. The number of hydrogen-bond acceptors (Lipinski definition) is 3. The molecule has 0 atom stereocenters. The highest BCUT2D eigenvalue weighted by molar-refractivity contribution is 5.64. The van der Waals surface area contributed by atoms with Crippen LogP contribution in [0.5, 0.6) is 0 Å². The number of halogens is 1. The number of nitro benzene ring substituents is 1. The van der Waals surface area contributed by atoms with Crippen LogP contribution in [0.4, 0.5) is 5.69 Å². The van der Waals surface area contributed by atoms with Crippen LogP contribution in [-0.4, -0.2) is 14.3 Å². The van der Waals surface area contributed by atoms with E-state index < -0.39 is 4.92 Å². The maximum absolute atomic E-state index is 10.6. The second kappa shape index (κ2) is 5.58. The molecule has 0 unspecified atom stereocenters. The number of fused-ring (bicyclic) bond motifs is 1. The van der Waals surface area contributed by atoms with Gasteiger partial charge in [0.15, 0.2) is 0 Å². The summed E-state index contributed by atoms with van der Waals surface area (Å²) >= 11 is 0. The molecular formula is C14H11IN3O2-. The maximum Gasteiger partial charge on any atom is 0.269 e. The molecule has 0 saturated heterocycles. The van der Waals surface area contributed by atoms with E-state index in [1.807, 2.05) is 35.7 Å². The van der Waals surface area contributed by atoms with Gasteiger partial charge in [-0.15, -0.1) is 0 Å². The predicted molar refractivity (Wildman–Crippen MR) is 72.0 cm³/mol. The minimum Gasteiger partial charge on any atom is -1.00 e. The third kappa shape index (κ3) is 2.51. The summed E-state index contributed by atoms with van der Waals surface area (Å²) in [6.45, 7) is 2.01. The van der Waals surface area contributed by atoms with Gasteiger partial charge in [0.25, 0.3) is 5.69 Å². The third-order valence-corrected chi connectivity index (χ3v) is 3.07. The molecule has 0 fully saturated rings. The average molecular weight is 380 g/mol. The number of rotatable bonds is 2. The van der Waals surface area contributed by atoms with Crippen LogP contribution in [0.1, 0.15) is 5.69 Å². The number of nitro groups is 1. The molecule has 2 heterocycles. The van der Waals surface area contributed by atoms with Gasteiger partial charge in [0.05, 0.1) is 10.6 Å². The summed E-state index contributed by atoms with van der Waals surface area (Å²) in [5.74, 6) is 0. The lowest BCUT2D eigenvalue weighted by Gasteiger charge is -1.96. The van der Waals surface area contributed by atoms with Gasteiger partial charge in [-0.2, -0.15) is 0 Å². The molecule has 2 aromatic heterocycles. The lowest BCUT2D eigenvalue weighted by molar-refractivity contribution is -0.384. The van der Waals surface area contributed by atoms with Gasteiger partial charge in [-0.05, 0) is 31.2 Å². The number of hydrogen-bond donors (Lipinski definition) is 0. The molecule has 0 amide bonds. The first-order valence-corrected chi connectivity index (χ1v) is 5.85. The smallest absolute Gasteiger partial charge is 0.269 e. The van der Waals surface area contributed by atoms with Crippen molar-refractivity contribution in [2.24, 2.45) is 0 Å². The van der Waals surface area contributed by atoms with Gasteiger partial charge in [0.2, 0.25) is 0 Å². The first kappa shape index (κ1) is 14.4. The molecule has 6 heteroatoms. The molecule has 3 aromatic rings. The van der Waals surface area contributed by atoms with Crippen LogP contribution in [0.15, 0.2) is 48.7 Å². The van der Waals surface area contributed by atoms with Gasteiger partial charge >= 0.3 is 0 Å². The zero-order chi connectivity index (χ0) is 13.4. The van der Waals surface area contributed by atoms with E-state index in [0.29, 0.717) is 0 Å². The molecule has 0 saturated carbocycles. The van der Waals surface area contributed by atoms with Gasteiger partial charge in [-0.25, -0.2) is 4.98 Å². The largest absolute Gasteiger partial charge is 1.00 e. The number of aryl methyl sites for hydroxylation is 1. The predicted octanol–water partition coefficient (Wildman–Crippen LogP) is 0.222. The van der Waals surface area contributed by atoms with Crippen LogP contribution in [0.2, 0.25) is 0 Å². The molecule has 0 aliphatic heterocycles. The summed E-state index contributed by atoms with van der Waals surface area (Å²) in [5, 5.41) is 10.6. The second-order valence-corrected chi connectivity index (χ2v) is 4.33. The molecular weight excluding hydrogens is 369 g/mol. The lowest BCUT2D eigenvalue weighted by atomic mass is 10.1. The fourth-order valence-corrected chi connectivity index (χ4v) is 2.04. The van der Waals surface area contributed by atoms with E-state index in [2.05, 4.69) is 4.98 Å². The van der Waals surface area contributed by atoms with E-state index >= 15 is 0 Å². The standard InChI is InChI=1S/C14H11N3O2.HI/c1-10-3-2-4-14-15-13(9-16(10)14)11-5-7-12(8-6-11)17(18)19;/h2-9H,1H3;1H/p-1. The van der Waals surface area contributed by atoms with E-state index in [4.69, 9.17) is 0 Å². The SMILES string of the molecule is Cc1cccc2nc(-c3ccc([N+](=O)[O-])cc3)cn12.[I-]. The Morgan fingerprint density at radius 2 is 1.85 bits per heavy atom. The van der Waals surface area contributed by atoms with E-state index in [1.54, 1.807) is 12.1 Å². The van der Waals surface area contributed by atoms with Crippen LogP contribution in [0, 0.1) is 17.0 Å². The minimum atomic E-state index is -0.405. The minimum absolute atomic E-state index is 0. The fourth-order valence-electron chi connectivity index (χ4n) is 2.04. The summed E-state index contributed by atoms with van der Waals surface area (Å²) in [5.41, 5.74) is 3.73. The molecule has 5 nitrogen and oxygen atoms in total. The number of non-ortho nitro benzene ring substituents is 1. The molecule has 0 aliphatic rings. The summed E-state index contributed by atoms with van der Waals surface area (Å²) in [7, 11) is 0. The van der Waals surface area contributed by atoms with Crippen molar-refractivity contribution in [2.75, 3.05) is 0 Å². The Hall–Kier alpha value is -1.96. The van der Waals surface area contributed by atoms with E-state index in [1.165, 1.54) is 12.1 Å². The molecule has 102 valence electrons. The number of aromatic nitrogens is 2.